The number of nitrogens with zero attached hydrogens (tertiary/aromatic N) is 1. The average molecular weight is 220 g/mol. The number of carboxylic acid groups (broad SMARTS) is 1. The van der Waals surface area contributed by atoms with Crippen LogP contribution in [0.1, 0.15) is 29.4 Å². The number of hydrogen-bond acceptors (Lipinski definition) is 3. The summed E-state index contributed by atoms with van der Waals surface area (Å²) in [7, 11) is 0. The Bertz CT molecular complexity index is 400. The molecular weight excluding hydrogens is 204 g/mol. The van der Waals surface area contributed by atoms with Crippen LogP contribution in [0.25, 0.3) is 0 Å². The lowest BCUT2D eigenvalue weighted by Gasteiger charge is -2.08. The van der Waals surface area contributed by atoms with Gasteiger partial charge in [-0.3, -0.25) is 0 Å². The predicted molar refractivity (Wildman–Crippen MR) is 63.9 cm³/mol. The van der Waals surface area contributed by atoms with Gasteiger partial charge in [0.25, 0.3) is 0 Å². The van der Waals surface area contributed by atoms with E-state index >= 15 is 0 Å². The smallest absolute Gasteiger partial charge is 0.339 e. The molecule has 4 heteroatoms. The summed E-state index contributed by atoms with van der Waals surface area (Å²) in [5.41, 5.74) is 1.02. The Morgan fingerprint density at radius 1 is 1.56 bits per heavy atom. The molecule has 1 rings (SSSR count). The lowest BCUT2D eigenvalue weighted by molar-refractivity contribution is 0.0697. The van der Waals surface area contributed by atoms with Crippen LogP contribution >= 0.6 is 0 Å². The van der Waals surface area contributed by atoms with Crippen molar-refractivity contribution >= 4 is 11.8 Å². The van der Waals surface area contributed by atoms with Gasteiger partial charge in [0.05, 0.1) is 0 Å². The molecule has 1 heterocycles. The monoisotopic (exact) mass is 220 g/mol. The van der Waals surface area contributed by atoms with Crippen LogP contribution in [0.2, 0.25) is 0 Å². The molecule has 0 spiro atoms. The van der Waals surface area contributed by atoms with Crippen molar-refractivity contribution in [1.82, 2.24) is 4.98 Å². The van der Waals surface area contributed by atoms with E-state index in [-0.39, 0.29) is 5.56 Å². The van der Waals surface area contributed by atoms with Crippen molar-refractivity contribution in [2.45, 2.75) is 20.3 Å². The highest BCUT2D eigenvalue weighted by molar-refractivity contribution is 5.93. The first kappa shape index (κ1) is 12.2. The number of carbonyl (C=O) groups is 1. The van der Waals surface area contributed by atoms with Crippen molar-refractivity contribution in [2.24, 2.45) is 0 Å². The van der Waals surface area contributed by atoms with Crippen molar-refractivity contribution in [3.63, 3.8) is 0 Å². The Kier molecular flexibility index (Phi) is 4.51. The summed E-state index contributed by atoms with van der Waals surface area (Å²) in [5.74, 6) is -0.516. The maximum Gasteiger partial charge on any atom is 0.339 e. The maximum absolute atomic E-state index is 10.9. The lowest BCUT2D eigenvalue weighted by atomic mass is 10.2. The van der Waals surface area contributed by atoms with Crippen molar-refractivity contribution < 1.29 is 9.90 Å². The maximum atomic E-state index is 10.9. The van der Waals surface area contributed by atoms with Gasteiger partial charge in [0.1, 0.15) is 11.4 Å². The molecule has 0 aliphatic heterocycles. The second-order valence-corrected chi connectivity index (χ2v) is 3.44. The highest BCUT2D eigenvalue weighted by Crippen LogP contribution is 2.13. The Balaban J connectivity index is 2.76. The highest BCUT2D eigenvalue weighted by atomic mass is 16.4. The number of aromatic nitrogens is 1. The van der Waals surface area contributed by atoms with Gasteiger partial charge in [-0.2, -0.15) is 0 Å². The van der Waals surface area contributed by atoms with Gasteiger partial charge in [-0.1, -0.05) is 12.2 Å². The summed E-state index contributed by atoms with van der Waals surface area (Å²) in [4.78, 5) is 15.1. The first-order chi connectivity index (χ1) is 7.65. The van der Waals surface area contributed by atoms with Crippen LogP contribution in [0, 0.1) is 6.92 Å². The minimum Gasteiger partial charge on any atom is -0.478 e. The number of carboxylic acids is 1. The van der Waals surface area contributed by atoms with Crippen LogP contribution in [0.15, 0.2) is 24.3 Å². The minimum absolute atomic E-state index is 0.214. The summed E-state index contributed by atoms with van der Waals surface area (Å²) >= 11 is 0. The Hall–Kier alpha value is -1.84. The normalized spacial score (nSPS) is 10.6. The molecule has 4 nitrogen and oxygen atoms in total. The van der Waals surface area contributed by atoms with Crippen LogP contribution < -0.4 is 5.32 Å². The van der Waals surface area contributed by atoms with Crippen LogP contribution in [0.4, 0.5) is 5.82 Å². The van der Waals surface area contributed by atoms with Crippen LogP contribution in [-0.2, 0) is 0 Å². The summed E-state index contributed by atoms with van der Waals surface area (Å²) in [5, 5.41) is 12.0. The van der Waals surface area contributed by atoms with Crippen LogP contribution in [-0.4, -0.2) is 22.6 Å². The molecule has 0 saturated carbocycles. The molecule has 16 heavy (non-hydrogen) atoms. The van der Waals surface area contributed by atoms with E-state index in [1.807, 2.05) is 26.0 Å². The van der Waals surface area contributed by atoms with E-state index in [4.69, 9.17) is 5.11 Å². The van der Waals surface area contributed by atoms with E-state index in [1.165, 1.54) is 0 Å². The molecule has 0 aliphatic carbocycles. The fourth-order valence-corrected chi connectivity index (χ4v) is 1.30. The minimum atomic E-state index is -0.957. The topological polar surface area (TPSA) is 62.2 Å². The van der Waals surface area contributed by atoms with Gasteiger partial charge in [-0.15, -0.1) is 0 Å². The summed E-state index contributed by atoms with van der Waals surface area (Å²) < 4.78 is 0. The summed E-state index contributed by atoms with van der Waals surface area (Å²) in [6.45, 7) is 4.47. The lowest BCUT2D eigenvalue weighted by Crippen LogP contribution is -2.09. The van der Waals surface area contributed by atoms with Gasteiger partial charge < -0.3 is 10.4 Å². The standard InChI is InChI=1S/C12H16N2O2/c1-3-4-5-8-13-11-10(12(15)16)7-6-9(2)14-11/h3-4,6-7H,5,8H2,1-2H3,(H,13,14)(H,15,16)/b4-3+. The molecule has 0 radical (unpaired) electrons. The molecular formula is C12H16N2O2. The molecule has 0 aliphatic rings. The number of anilines is 1. The third-order valence-corrected chi connectivity index (χ3v) is 2.10. The molecule has 0 fully saturated rings. The molecule has 0 aromatic carbocycles. The van der Waals surface area contributed by atoms with Crippen molar-refractivity contribution in [3.8, 4) is 0 Å². The van der Waals surface area contributed by atoms with Gasteiger partial charge in [0.15, 0.2) is 0 Å². The third-order valence-electron chi connectivity index (χ3n) is 2.10. The number of allylic oxidation sites excluding steroid dienone is 1. The van der Waals surface area contributed by atoms with Gasteiger partial charge in [0, 0.05) is 12.2 Å². The molecule has 0 amide bonds. The molecule has 0 saturated heterocycles. The van der Waals surface area contributed by atoms with Crippen LogP contribution in [0.5, 0.6) is 0 Å². The predicted octanol–water partition coefficient (Wildman–Crippen LogP) is 2.47. The number of nitrogens with one attached hydrogen (secondary N) is 1. The van der Waals surface area contributed by atoms with E-state index in [0.29, 0.717) is 12.4 Å². The molecule has 0 bridgehead atoms. The molecule has 0 atom stereocenters. The Morgan fingerprint density at radius 2 is 2.31 bits per heavy atom. The fourth-order valence-electron chi connectivity index (χ4n) is 1.30. The number of rotatable bonds is 5. The van der Waals surface area contributed by atoms with Gasteiger partial charge in [-0.25, -0.2) is 9.78 Å². The van der Waals surface area contributed by atoms with E-state index in [1.54, 1.807) is 12.1 Å². The van der Waals surface area contributed by atoms with E-state index < -0.39 is 5.97 Å². The van der Waals surface area contributed by atoms with E-state index in [0.717, 1.165) is 12.1 Å². The average Bonchev–Trinajstić information content (AvgIpc) is 2.24. The molecule has 0 unspecified atom stereocenters. The summed E-state index contributed by atoms with van der Waals surface area (Å²) in [6, 6.07) is 3.27. The Morgan fingerprint density at radius 3 is 2.94 bits per heavy atom. The van der Waals surface area contributed by atoms with Crippen LogP contribution in [0.3, 0.4) is 0 Å². The molecule has 1 aromatic rings. The zero-order valence-corrected chi connectivity index (χ0v) is 9.53. The zero-order chi connectivity index (χ0) is 12.0. The fraction of sp³-hybridized carbons (Fsp3) is 0.333. The molecule has 2 N–H and O–H groups in total. The quantitative estimate of drug-likeness (QED) is 0.591. The molecule has 1 aromatic heterocycles. The van der Waals surface area contributed by atoms with Crippen molar-refractivity contribution in [3.05, 3.63) is 35.5 Å². The second-order valence-electron chi connectivity index (χ2n) is 3.44. The van der Waals surface area contributed by atoms with E-state index in [2.05, 4.69) is 10.3 Å². The highest BCUT2D eigenvalue weighted by Gasteiger charge is 2.10. The number of pyridine rings is 1. The number of aromatic carboxylic acids is 1. The Labute approximate surface area is 95.0 Å². The summed E-state index contributed by atoms with van der Waals surface area (Å²) in [6.07, 6.45) is 4.83. The second kappa shape index (κ2) is 5.90. The van der Waals surface area contributed by atoms with E-state index in [9.17, 15) is 4.79 Å². The van der Waals surface area contributed by atoms with Crippen molar-refractivity contribution in [1.29, 1.82) is 0 Å². The first-order valence-electron chi connectivity index (χ1n) is 5.21. The zero-order valence-electron chi connectivity index (χ0n) is 9.53. The van der Waals surface area contributed by atoms with Crippen molar-refractivity contribution in [2.75, 3.05) is 11.9 Å². The largest absolute Gasteiger partial charge is 0.478 e. The third kappa shape index (κ3) is 3.38. The van der Waals surface area contributed by atoms with Gasteiger partial charge in [-0.05, 0) is 32.4 Å². The SMILES string of the molecule is C/C=C/CCNc1nc(C)ccc1C(=O)O. The number of hydrogen-bond donors (Lipinski definition) is 2. The number of aryl methyl sites for hydroxylation is 1. The molecule has 86 valence electrons. The van der Waals surface area contributed by atoms with Gasteiger partial charge in [0.2, 0.25) is 0 Å². The first-order valence-corrected chi connectivity index (χ1v) is 5.21. The van der Waals surface area contributed by atoms with Gasteiger partial charge >= 0.3 is 5.97 Å².